The summed E-state index contributed by atoms with van der Waals surface area (Å²) in [6.45, 7) is 4.30. The SMILES string of the molecule is Cc1cc(Nc2n[nH]c(N)c2C(N)=O)ccc1N1CCCCC1. The van der Waals surface area contributed by atoms with E-state index in [1.165, 1.54) is 30.5 Å². The summed E-state index contributed by atoms with van der Waals surface area (Å²) in [6.07, 6.45) is 3.80. The fourth-order valence-electron chi connectivity index (χ4n) is 3.05. The molecule has 1 aromatic heterocycles. The highest BCUT2D eigenvalue weighted by Gasteiger charge is 2.17. The van der Waals surface area contributed by atoms with Crippen LogP contribution in [0.2, 0.25) is 0 Å². The van der Waals surface area contributed by atoms with E-state index in [1.807, 2.05) is 12.1 Å². The number of nitrogen functional groups attached to an aromatic ring is 1. The van der Waals surface area contributed by atoms with Crippen LogP contribution in [0.3, 0.4) is 0 Å². The summed E-state index contributed by atoms with van der Waals surface area (Å²) < 4.78 is 0. The maximum absolute atomic E-state index is 11.5. The van der Waals surface area contributed by atoms with Gasteiger partial charge < -0.3 is 21.7 Å². The molecule has 0 bridgehead atoms. The third kappa shape index (κ3) is 3.08. The number of H-pyrrole nitrogens is 1. The first-order chi connectivity index (χ1) is 11.1. The minimum Gasteiger partial charge on any atom is -0.383 e. The molecule has 2 heterocycles. The second-order valence-electron chi connectivity index (χ2n) is 5.90. The predicted octanol–water partition coefficient (Wildman–Crippen LogP) is 2.13. The number of aromatic amines is 1. The first-order valence-corrected chi connectivity index (χ1v) is 7.82. The van der Waals surface area contributed by atoms with Gasteiger partial charge in [0.2, 0.25) is 0 Å². The molecular formula is C16H22N6O. The van der Waals surface area contributed by atoms with Gasteiger partial charge in [0, 0.05) is 24.5 Å². The molecule has 0 unspecified atom stereocenters. The first-order valence-electron chi connectivity index (χ1n) is 7.82. The molecule has 23 heavy (non-hydrogen) atoms. The second kappa shape index (κ2) is 6.20. The minimum atomic E-state index is -0.611. The van der Waals surface area contributed by atoms with E-state index >= 15 is 0 Å². The van der Waals surface area contributed by atoms with Gasteiger partial charge in [0.25, 0.3) is 5.91 Å². The molecule has 0 spiro atoms. The molecule has 0 aliphatic carbocycles. The largest absolute Gasteiger partial charge is 0.383 e. The zero-order chi connectivity index (χ0) is 16.4. The average molecular weight is 314 g/mol. The highest BCUT2D eigenvalue weighted by atomic mass is 16.1. The van der Waals surface area contributed by atoms with Crippen molar-refractivity contribution < 1.29 is 4.79 Å². The van der Waals surface area contributed by atoms with Crippen molar-refractivity contribution in [2.75, 3.05) is 29.0 Å². The Hall–Kier alpha value is -2.70. The molecule has 0 saturated carbocycles. The number of hydrogen-bond acceptors (Lipinski definition) is 5. The van der Waals surface area contributed by atoms with Crippen molar-refractivity contribution in [2.45, 2.75) is 26.2 Å². The number of piperidine rings is 1. The van der Waals surface area contributed by atoms with E-state index < -0.39 is 5.91 Å². The van der Waals surface area contributed by atoms with Crippen LogP contribution in [0.5, 0.6) is 0 Å². The van der Waals surface area contributed by atoms with Crippen LogP contribution in [0.15, 0.2) is 18.2 Å². The van der Waals surface area contributed by atoms with Crippen LogP contribution in [-0.4, -0.2) is 29.2 Å². The number of primary amides is 1. The molecule has 7 nitrogen and oxygen atoms in total. The van der Waals surface area contributed by atoms with Crippen molar-refractivity contribution in [3.05, 3.63) is 29.3 Å². The van der Waals surface area contributed by atoms with Gasteiger partial charge in [-0.3, -0.25) is 9.89 Å². The molecule has 122 valence electrons. The topological polar surface area (TPSA) is 113 Å². The number of aromatic nitrogens is 2. The first kappa shape index (κ1) is 15.2. The fourth-order valence-corrected chi connectivity index (χ4v) is 3.05. The number of benzene rings is 1. The van der Waals surface area contributed by atoms with Gasteiger partial charge in [-0.25, -0.2) is 0 Å². The molecular weight excluding hydrogens is 292 g/mol. The molecule has 1 aliphatic heterocycles. The van der Waals surface area contributed by atoms with Crippen molar-refractivity contribution in [1.82, 2.24) is 10.2 Å². The minimum absolute atomic E-state index is 0.168. The Morgan fingerprint density at radius 1 is 1.30 bits per heavy atom. The van der Waals surface area contributed by atoms with Gasteiger partial charge in [-0.2, -0.15) is 5.10 Å². The number of anilines is 4. The van der Waals surface area contributed by atoms with E-state index in [4.69, 9.17) is 11.5 Å². The van der Waals surface area contributed by atoms with Crippen LogP contribution in [0.1, 0.15) is 35.2 Å². The molecule has 0 radical (unpaired) electrons. The molecule has 1 fully saturated rings. The molecule has 1 amide bonds. The van der Waals surface area contributed by atoms with Gasteiger partial charge in [0.1, 0.15) is 11.4 Å². The summed E-state index contributed by atoms with van der Waals surface area (Å²) in [5.74, 6) is -0.0952. The highest BCUT2D eigenvalue weighted by molar-refractivity contribution is 6.02. The van der Waals surface area contributed by atoms with Gasteiger partial charge >= 0.3 is 0 Å². The summed E-state index contributed by atoms with van der Waals surface area (Å²) in [5.41, 5.74) is 14.5. The standard InChI is InChI=1S/C16H22N6O/c1-10-9-11(5-6-12(10)22-7-3-2-4-8-22)19-16-13(15(18)23)14(17)20-21-16/h5-6,9H,2-4,7-8H2,1H3,(H2,18,23)(H4,17,19,20,21). The number of nitrogens with one attached hydrogen (secondary N) is 2. The van der Waals surface area contributed by atoms with E-state index in [-0.39, 0.29) is 11.4 Å². The van der Waals surface area contributed by atoms with Gasteiger partial charge in [0.15, 0.2) is 5.82 Å². The summed E-state index contributed by atoms with van der Waals surface area (Å²) >= 11 is 0. The molecule has 3 rings (SSSR count). The number of hydrogen-bond donors (Lipinski definition) is 4. The summed E-state index contributed by atoms with van der Waals surface area (Å²) in [4.78, 5) is 13.9. The molecule has 1 saturated heterocycles. The number of rotatable bonds is 4. The van der Waals surface area contributed by atoms with Crippen molar-refractivity contribution in [3.63, 3.8) is 0 Å². The zero-order valence-electron chi connectivity index (χ0n) is 13.2. The highest BCUT2D eigenvalue weighted by Crippen LogP contribution is 2.28. The molecule has 1 aromatic carbocycles. The Kier molecular flexibility index (Phi) is 4.10. The number of nitrogens with zero attached hydrogens (tertiary/aromatic N) is 2. The van der Waals surface area contributed by atoms with Crippen LogP contribution in [0.25, 0.3) is 0 Å². The van der Waals surface area contributed by atoms with Crippen LogP contribution < -0.4 is 21.7 Å². The third-order valence-electron chi connectivity index (χ3n) is 4.20. The van der Waals surface area contributed by atoms with Crippen molar-refractivity contribution in [2.24, 2.45) is 5.73 Å². The Morgan fingerprint density at radius 2 is 2.04 bits per heavy atom. The van der Waals surface area contributed by atoms with Gasteiger partial charge in [-0.1, -0.05) is 0 Å². The van der Waals surface area contributed by atoms with Crippen molar-refractivity contribution in [3.8, 4) is 0 Å². The average Bonchev–Trinajstić information content (AvgIpc) is 2.89. The Morgan fingerprint density at radius 3 is 2.70 bits per heavy atom. The maximum atomic E-state index is 11.5. The summed E-state index contributed by atoms with van der Waals surface area (Å²) in [7, 11) is 0. The van der Waals surface area contributed by atoms with Crippen LogP contribution in [0.4, 0.5) is 23.0 Å². The van der Waals surface area contributed by atoms with Crippen molar-refractivity contribution in [1.29, 1.82) is 0 Å². The van der Waals surface area contributed by atoms with Crippen LogP contribution in [0, 0.1) is 6.92 Å². The number of aryl methyl sites for hydroxylation is 1. The molecule has 7 heteroatoms. The Bertz CT molecular complexity index is 717. The lowest BCUT2D eigenvalue weighted by molar-refractivity contribution is 0.100. The van der Waals surface area contributed by atoms with Gasteiger partial charge in [0.05, 0.1) is 0 Å². The van der Waals surface area contributed by atoms with Gasteiger partial charge in [-0.15, -0.1) is 0 Å². The Labute approximate surface area is 135 Å². The lowest BCUT2D eigenvalue weighted by Gasteiger charge is -2.30. The monoisotopic (exact) mass is 314 g/mol. The van der Waals surface area contributed by atoms with E-state index in [9.17, 15) is 4.79 Å². The van der Waals surface area contributed by atoms with Crippen LogP contribution >= 0.6 is 0 Å². The molecule has 1 aliphatic rings. The second-order valence-corrected chi connectivity index (χ2v) is 5.90. The number of nitrogens with two attached hydrogens (primary N) is 2. The molecule has 0 atom stereocenters. The smallest absolute Gasteiger partial charge is 0.256 e. The molecule has 2 aromatic rings. The normalized spacial score (nSPS) is 14.7. The van der Waals surface area contributed by atoms with E-state index in [2.05, 4.69) is 33.4 Å². The zero-order valence-corrected chi connectivity index (χ0v) is 13.2. The lowest BCUT2D eigenvalue weighted by Crippen LogP contribution is -2.29. The van der Waals surface area contributed by atoms with Crippen LogP contribution in [-0.2, 0) is 0 Å². The van der Waals surface area contributed by atoms with E-state index in [1.54, 1.807) is 0 Å². The van der Waals surface area contributed by atoms with E-state index in [0.717, 1.165) is 18.8 Å². The number of carbonyl (C=O) groups is 1. The predicted molar refractivity (Wildman–Crippen MR) is 92.0 cm³/mol. The fraction of sp³-hybridized carbons (Fsp3) is 0.375. The maximum Gasteiger partial charge on any atom is 0.256 e. The summed E-state index contributed by atoms with van der Waals surface area (Å²) in [5, 5.41) is 9.68. The molecule has 6 N–H and O–H groups in total. The number of carbonyl (C=O) groups excluding carboxylic acids is 1. The summed E-state index contributed by atoms with van der Waals surface area (Å²) in [6, 6.07) is 6.12. The lowest BCUT2D eigenvalue weighted by atomic mass is 10.1. The Balaban J connectivity index is 1.82. The van der Waals surface area contributed by atoms with Gasteiger partial charge in [-0.05, 0) is 49.9 Å². The quantitative estimate of drug-likeness (QED) is 0.690. The third-order valence-corrected chi connectivity index (χ3v) is 4.20. The number of amides is 1. The van der Waals surface area contributed by atoms with E-state index in [0.29, 0.717) is 5.82 Å². The van der Waals surface area contributed by atoms with Crippen molar-refractivity contribution >= 4 is 28.9 Å².